The van der Waals surface area contributed by atoms with E-state index in [9.17, 15) is 13.6 Å². The first-order valence-corrected chi connectivity index (χ1v) is 9.15. The summed E-state index contributed by atoms with van der Waals surface area (Å²) in [5, 5.41) is 5.37. The molecule has 1 aromatic heterocycles. The fraction of sp³-hybridized carbons (Fsp3) is 0. The number of para-hydroxylation sites is 1. The van der Waals surface area contributed by atoms with Gasteiger partial charge in [0, 0.05) is 10.9 Å². The number of thiocarbonyl (C=S) groups is 1. The van der Waals surface area contributed by atoms with Gasteiger partial charge in [-0.25, -0.2) is 18.7 Å². The van der Waals surface area contributed by atoms with Gasteiger partial charge in [0.2, 0.25) is 0 Å². The maximum atomic E-state index is 14.0. The number of hydrogen-bond donors (Lipinski definition) is 1. The van der Waals surface area contributed by atoms with Crippen molar-refractivity contribution in [3.05, 3.63) is 76.9 Å². The number of aromatic nitrogens is 1. The monoisotopic (exact) mass is 399 g/mol. The van der Waals surface area contributed by atoms with Gasteiger partial charge in [0.25, 0.3) is 5.91 Å². The van der Waals surface area contributed by atoms with E-state index in [1.165, 1.54) is 35.6 Å². The molecule has 0 spiro atoms. The van der Waals surface area contributed by atoms with Gasteiger partial charge in [0.1, 0.15) is 22.3 Å². The number of nitrogens with one attached hydrogen (secondary N) is 1. The van der Waals surface area contributed by atoms with Crippen LogP contribution in [0.25, 0.3) is 16.6 Å². The fourth-order valence-electron chi connectivity index (χ4n) is 2.61. The van der Waals surface area contributed by atoms with Crippen molar-refractivity contribution < 1.29 is 13.6 Å². The van der Waals surface area contributed by atoms with E-state index in [0.29, 0.717) is 10.7 Å². The number of thiazole rings is 1. The van der Waals surface area contributed by atoms with Crippen LogP contribution in [0.4, 0.5) is 14.5 Å². The zero-order chi connectivity index (χ0) is 19.0. The number of benzene rings is 2. The minimum atomic E-state index is -0.538. The summed E-state index contributed by atoms with van der Waals surface area (Å²) in [6.07, 6.45) is 1.55. The molecule has 1 aliphatic rings. The summed E-state index contributed by atoms with van der Waals surface area (Å²) in [6, 6.07) is 11.9. The minimum absolute atomic E-state index is 0.0914. The first-order valence-electron chi connectivity index (χ1n) is 7.86. The number of anilines is 1. The van der Waals surface area contributed by atoms with Gasteiger partial charge in [-0.3, -0.25) is 4.79 Å². The van der Waals surface area contributed by atoms with Crippen molar-refractivity contribution in [2.24, 2.45) is 0 Å². The van der Waals surface area contributed by atoms with E-state index < -0.39 is 11.7 Å². The van der Waals surface area contributed by atoms with E-state index >= 15 is 0 Å². The lowest BCUT2D eigenvalue weighted by Gasteiger charge is -2.14. The number of carbonyl (C=O) groups excluding carboxylic acids is 1. The highest BCUT2D eigenvalue weighted by Crippen LogP contribution is 2.27. The molecular formula is C19H11F2N3OS2. The van der Waals surface area contributed by atoms with Gasteiger partial charge >= 0.3 is 0 Å². The molecular weight excluding hydrogens is 388 g/mol. The lowest BCUT2D eigenvalue weighted by molar-refractivity contribution is -0.113. The molecule has 0 atom stereocenters. The molecule has 0 saturated carbocycles. The van der Waals surface area contributed by atoms with Gasteiger partial charge in [-0.15, -0.1) is 11.3 Å². The Labute approximate surface area is 162 Å². The van der Waals surface area contributed by atoms with Crippen molar-refractivity contribution in [1.29, 1.82) is 0 Å². The highest BCUT2D eigenvalue weighted by molar-refractivity contribution is 7.80. The number of carbonyl (C=O) groups is 1. The second-order valence-electron chi connectivity index (χ2n) is 5.66. The van der Waals surface area contributed by atoms with Crippen molar-refractivity contribution in [3.63, 3.8) is 0 Å². The summed E-state index contributed by atoms with van der Waals surface area (Å²) in [7, 11) is 0. The largest absolute Gasteiger partial charge is 0.327 e. The average Bonchev–Trinajstić information content (AvgIpc) is 3.22. The topological polar surface area (TPSA) is 45.2 Å². The Balaban J connectivity index is 1.62. The fourth-order valence-corrected chi connectivity index (χ4v) is 3.69. The molecule has 3 aromatic rings. The van der Waals surface area contributed by atoms with Crippen molar-refractivity contribution in [2.45, 2.75) is 0 Å². The summed E-state index contributed by atoms with van der Waals surface area (Å²) in [4.78, 5) is 18.2. The van der Waals surface area contributed by atoms with Gasteiger partial charge in [-0.2, -0.15) is 0 Å². The molecule has 1 N–H and O–H groups in total. The van der Waals surface area contributed by atoms with Crippen LogP contribution >= 0.6 is 23.6 Å². The molecule has 1 aliphatic heterocycles. The van der Waals surface area contributed by atoms with Crippen LogP contribution in [0.5, 0.6) is 0 Å². The Bertz CT molecular complexity index is 1080. The zero-order valence-electron chi connectivity index (χ0n) is 13.6. The third kappa shape index (κ3) is 3.36. The number of hydrogen-bond acceptors (Lipinski definition) is 4. The van der Waals surface area contributed by atoms with Crippen LogP contribution in [0.2, 0.25) is 0 Å². The lowest BCUT2D eigenvalue weighted by Crippen LogP contribution is -2.31. The van der Waals surface area contributed by atoms with Crippen molar-refractivity contribution in [3.8, 4) is 10.6 Å². The maximum absolute atomic E-state index is 14.0. The molecule has 2 heterocycles. The van der Waals surface area contributed by atoms with Crippen molar-refractivity contribution >= 4 is 46.3 Å². The highest BCUT2D eigenvalue weighted by Gasteiger charge is 2.33. The summed E-state index contributed by atoms with van der Waals surface area (Å²) in [6.45, 7) is 0. The molecule has 0 radical (unpaired) electrons. The molecule has 0 aliphatic carbocycles. The van der Waals surface area contributed by atoms with Crippen LogP contribution in [-0.2, 0) is 4.79 Å². The minimum Gasteiger partial charge on any atom is -0.327 e. The number of nitrogens with zero attached hydrogens (tertiary/aromatic N) is 2. The Kier molecular flexibility index (Phi) is 4.51. The lowest BCUT2D eigenvalue weighted by atomic mass is 10.2. The molecule has 4 rings (SSSR count). The van der Waals surface area contributed by atoms with Crippen molar-refractivity contribution in [2.75, 3.05) is 4.90 Å². The van der Waals surface area contributed by atoms with Crippen LogP contribution in [0.1, 0.15) is 5.69 Å². The van der Waals surface area contributed by atoms with Gasteiger partial charge in [-0.05, 0) is 54.7 Å². The molecule has 1 saturated heterocycles. The summed E-state index contributed by atoms with van der Waals surface area (Å²) < 4.78 is 27.1. The third-order valence-electron chi connectivity index (χ3n) is 3.88. The standard InChI is InChI=1S/C19H11F2N3OS2/c20-12-7-5-11(6-8-12)17-22-13(10-27-17)9-15-18(25)24(19(26)23-15)16-4-2-1-3-14(16)21/h1-10H,(H,23,26)/b15-9-. The van der Waals surface area contributed by atoms with Crippen LogP contribution in [0.15, 0.2) is 59.6 Å². The summed E-state index contributed by atoms with van der Waals surface area (Å²) in [5.74, 6) is -1.31. The summed E-state index contributed by atoms with van der Waals surface area (Å²) >= 11 is 6.55. The third-order valence-corrected chi connectivity index (χ3v) is 5.07. The number of rotatable bonds is 3. The Morgan fingerprint density at radius 3 is 2.59 bits per heavy atom. The molecule has 4 nitrogen and oxygen atoms in total. The van der Waals surface area contributed by atoms with Gasteiger partial charge in [0.05, 0.1) is 11.4 Å². The zero-order valence-corrected chi connectivity index (χ0v) is 15.3. The average molecular weight is 399 g/mol. The van der Waals surface area contributed by atoms with E-state index in [4.69, 9.17) is 12.2 Å². The predicted octanol–water partition coefficient (Wildman–Crippen LogP) is 4.35. The van der Waals surface area contributed by atoms with Gasteiger partial charge < -0.3 is 5.32 Å². The highest BCUT2D eigenvalue weighted by atomic mass is 32.1. The van der Waals surface area contributed by atoms with E-state index in [1.54, 1.807) is 35.7 Å². The quantitative estimate of drug-likeness (QED) is 0.525. The van der Waals surface area contributed by atoms with Crippen molar-refractivity contribution in [1.82, 2.24) is 10.3 Å². The summed E-state index contributed by atoms with van der Waals surface area (Å²) in [5.41, 5.74) is 1.63. The van der Waals surface area contributed by atoms with E-state index in [0.717, 1.165) is 10.5 Å². The SMILES string of the molecule is O=C1/C(=C/c2csc(-c3ccc(F)cc3)n2)NC(=S)N1c1ccccc1F. The van der Waals surface area contributed by atoms with E-state index in [2.05, 4.69) is 10.3 Å². The Hall–Kier alpha value is -2.97. The van der Waals surface area contributed by atoms with Crippen LogP contribution in [0.3, 0.4) is 0 Å². The number of halogens is 2. The molecule has 134 valence electrons. The van der Waals surface area contributed by atoms with Gasteiger partial charge in [-0.1, -0.05) is 12.1 Å². The van der Waals surface area contributed by atoms with Crippen LogP contribution < -0.4 is 10.2 Å². The number of amides is 1. The molecule has 0 bridgehead atoms. The molecule has 2 aromatic carbocycles. The second-order valence-corrected chi connectivity index (χ2v) is 6.91. The van der Waals surface area contributed by atoms with E-state index in [1.807, 2.05) is 0 Å². The molecule has 1 amide bonds. The Morgan fingerprint density at radius 1 is 1.11 bits per heavy atom. The molecule has 1 fully saturated rings. The van der Waals surface area contributed by atoms with E-state index in [-0.39, 0.29) is 22.3 Å². The second kappa shape index (κ2) is 6.98. The Morgan fingerprint density at radius 2 is 1.85 bits per heavy atom. The molecule has 8 heteroatoms. The first kappa shape index (κ1) is 17.4. The van der Waals surface area contributed by atoms with Crippen LogP contribution in [0, 0.1) is 11.6 Å². The smallest absolute Gasteiger partial charge is 0.281 e. The normalized spacial score (nSPS) is 15.5. The van der Waals surface area contributed by atoms with Crippen LogP contribution in [-0.4, -0.2) is 16.0 Å². The predicted molar refractivity (Wildman–Crippen MR) is 105 cm³/mol. The van der Waals surface area contributed by atoms with Gasteiger partial charge in [0.15, 0.2) is 5.11 Å². The molecule has 0 unspecified atom stereocenters. The maximum Gasteiger partial charge on any atom is 0.281 e. The first-order chi connectivity index (χ1) is 13.0. The molecule has 27 heavy (non-hydrogen) atoms.